The topological polar surface area (TPSA) is 69.1 Å². The normalized spacial score (nSPS) is 11.3. The summed E-state index contributed by atoms with van der Waals surface area (Å²) in [6, 6.07) is 9.43. The second-order valence-corrected chi connectivity index (χ2v) is 7.49. The molecule has 0 atom stereocenters. The Balaban J connectivity index is 1.63. The van der Waals surface area contributed by atoms with E-state index in [-0.39, 0.29) is 5.63 Å². The molecule has 25 heavy (non-hydrogen) atoms. The summed E-state index contributed by atoms with van der Waals surface area (Å²) in [6.07, 6.45) is 0. The first-order chi connectivity index (χ1) is 12.1. The number of hydrogen-bond donors (Lipinski definition) is 0. The van der Waals surface area contributed by atoms with Crippen molar-refractivity contribution in [3.63, 3.8) is 0 Å². The standard InChI is InChI=1S/C18H14N2O3S2/c1-10-5-6-13-12(8-15(21)22-16(13)11(10)2)9-25-18-20-19-17(23-18)14-4-3-7-24-14/h3-8H,9H2,1-2H3. The Hall–Kier alpha value is -2.38. The fourth-order valence-corrected chi connectivity index (χ4v) is 3.95. The molecule has 0 aliphatic rings. The van der Waals surface area contributed by atoms with Crippen LogP contribution in [0, 0.1) is 13.8 Å². The molecule has 0 fully saturated rings. The maximum Gasteiger partial charge on any atom is 0.336 e. The van der Waals surface area contributed by atoms with Gasteiger partial charge in [0.05, 0.1) is 4.88 Å². The maximum absolute atomic E-state index is 11.9. The Morgan fingerprint density at radius 2 is 2.04 bits per heavy atom. The van der Waals surface area contributed by atoms with Crippen LogP contribution in [0.3, 0.4) is 0 Å². The molecule has 0 unspecified atom stereocenters. The predicted octanol–water partition coefficient (Wildman–Crippen LogP) is 4.81. The van der Waals surface area contributed by atoms with Gasteiger partial charge in [0.25, 0.3) is 11.1 Å². The van der Waals surface area contributed by atoms with Crippen LogP contribution in [0.15, 0.2) is 54.6 Å². The molecule has 3 aromatic heterocycles. The molecule has 0 radical (unpaired) electrons. The zero-order valence-electron chi connectivity index (χ0n) is 13.6. The highest BCUT2D eigenvalue weighted by Crippen LogP contribution is 2.30. The summed E-state index contributed by atoms with van der Waals surface area (Å²) in [5, 5.41) is 11.5. The number of hydrogen-bond acceptors (Lipinski definition) is 7. The van der Waals surface area contributed by atoms with Gasteiger partial charge in [0.1, 0.15) is 5.58 Å². The van der Waals surface area contributed by atoms with E-state index in [1.54, 1.807) is 11.3 Å². The van der Waals surface area contributed by atoms with Crippen LogP contribution >= 0.6 is 23.1 Å². The van der Waals surface area contributed by atoms with E-state index in [0.717, 1.165) is 27.0 Å². The van der Waals surface area contributed by atoms with Crippen molar-refractivity contribution in [2.75, 3.05) is 0 Å². The van der Waals surface area contributed by atoms with Crippen molar-refractivity contribution in [2.24, 2.45) is 0 Å². The van der Waals surface area contributed by atoms with Crippen molar-refractivity contribution in [1.29, 1.82) is 0 Å². The smallest absolute Gasteiger partial charge is 0.336 e. The largest absolute Gasteiger partial charge is 0.422 e. The molecule has 5 nitrogen and oxygen atoms in total. The number of thioether (sulfide) groups is 1. The highest BCUT2D eigenvalue weighted by atomic mass is 32.2. The van der Waals surface area contributed by atoms with Crippen molar-refractivity contribution in [1.82, 2.24) is 10.2 Å². The number of nitrogens with zero attached hydrogens (tertiary/aromatic N) is 2. The maximum atomic E-state index is 11.9. The van der Waals surface area contributed by atoms with Crippen molar-refractivity contribution in [2.45, 2.75) is 24.8 Å². The Labute approximate surface area is 151 Å². The lowest BCUT2D eigenvalue weighted by atomic mass is 10.0. The number of aryl methyl sites for hydroxylation is 2. The molecule has 126 valence electrons. The lowest BCUT2D eigenvalue weighted by Crippen LogP contribution is -2.01. The summed E-state index contributed by atoms with van der Waals surface area (Å²) in [4.78, 5) is 12.9. The number of fused-ring (bicyclic) bond motifs is 1. The lowest BCUT2D eigenvalue weighted by Gasteiger charge is -2.07. The number of rotatable bonds is 4. The summed E-state index contributed by atoms with van der Waals surface area (Å²) in [7, 11) is 0. The quantitative estimate of drug-likeness (QED) is 0.379. The summed E-state index contributed by atoms with van der Waals surface area (Å²) in [5.74, 6) is 1.07. The van der Waals surface area contributed by atoms with Gasteiger partial charge in [0.2, 0.25) is 0 Å². The fraction of sp³-hybridized carbons (Fsp3) is 0.167. The summed E-state index contributed by atoms with van der Waals surface area (Å²) >= 11 is 2.96. The fourth-order valence-electron chi connectivity index (χ4n) is 2.55. The molecule has 0 N–H and O–H groups in total. The van der Waals surface area contributed by atoms with E-state index in [1.807, 2.05) is 43.5 Å². The first kappa shape index (κ1) is 16.1. The van der Waals surface area contributed by atoms with E-state index in [9.17, 15) is 4.79 Å². The molecule has 0 aliphatic heterocycles. The number of aromatic nitrogens is 2. The molecular weight excluding hydrogens is 356 g/mol. The van der Waals surface area contributed by atoms with E-state index in [0.29, 0.717) is 22.4 Å². The molecule has 7 heteroatoms. The summed E-state index contributed by atoms with van der Waals surface area (Å²) < 4.78 is 11.1. The van der Waals surface area contributed by atoms with Crippen molar-refractivity contribution in [3.8, 4) is 10.8 Å². The van der Waals surface area contributed by atoms with Gasteiger partial charge in [-0.15, -0.1) is 21.5 Å². The highest BCUT2D eigenvalue weighted by molar-refractivity contribution is 7.98. The van der Waals surface area contributed by atoms with E-state index in [4.69, 9.17) is 8.83 Å². The second kappa shape index (κ2) is 6.50. The Morgan fingerprint density at radius 3 is 2.84 bits per heavy atom. The SMILES string of the molecule is Cc1ccc2c(CSc3nnc(-c4cccs4)o3)cc(=O)oc2c1C. The third-order valence-corrected chi connectivity index (χ3v) is 5.73. The van der Waals surface area contributed by atoms with Gasteiger partial charge < -0.3 is 8.83 Å². The van der Waals surface area contributed by atoms with E-state index < -0.39 is 0 Å². The van der Waals surface area contributed by atoms with Crippen LogP contribution in [-0.4, -0.2) is 10.2 Å². The molecule has 0 amide bonds. The predicted molar refractivity (Wildman–Crippen MR) is 99.1 cm³/mol. The lowest BCUT2D eigenvalue weighted by molar-refractivity contribution is 0.466. The minimum atomic E-state index is -0.346. The molecule has 3 heterocycles. The molecule has 4 rings (SSSR count). The van der Waals surface area contributed by atoms with Crippen LogP contribution in [0.25, 0.3) is 21.7 Å². The molecule has 0 bridgehead atoms. The van der Waals surface area contributed by atoms with Crippen LogP contribution in [0.2, 0.25) is 0 Å². The third kappa shape index (κ3) is 3.12. The number of benzene rings is 1. The molecule has 0 saturated carbocycles. The number of thiophene rings is 1. The van der Waals surface area contributed by atoms with Gasteiger partial charge in [-0.25, -0.2) is 4.79 Å². The van der Waals surface area contributed by atoms with Crippen LogP contribution in [0.4, 0.5) is 0 Å². The van der Waals surface area contributed by atoms with Gasteiger partial charge in [-0.2, -0.15) is 0 Å². The molecule has 0 spiro atoms. The van der Waals surface area contributed by atoms with Gasteiger partial charge in [-0.1, -0.05) is 30.0 Å². The van der Waals surface area contributed by atoms with Crippen LogP contribution in [0.1, 0.15) is 16.7 Å². The molecule has 0 saturated heterocycles. The molecular formula is C18H14N2O3S2. The van der Waals surface area contributed by atoms with Gasteiger partial charge in [-0.3, -0.25) is 0 Å². The monoisotopic (exact) mass is 370 g/mol. The van der Waals surface area contributed by atoms with E-state index >= 15 is 0 Å². The minimum Gasteiger partial charge on any atom is -0.422 e. The molecule has 1 aromatic carbocycles. The van der Waals surface area contributed by atoms with Crippen LogP contribution in [-0.2, 0) is 5.75 Å². The average molecular weight is 370 g/mol. The summed E-state index contributed by atoms with van der Waals surface area (Å²) in [5.41, 5.74) is 3.28. The Morgan fingerprint density at radius 1 is 1.16 bits per heavy atom. The third-order valence-electron chi connectivity index (χ3n) is 4.01. The minimum absolute atomic E-state index is 0.346. The summed E-state index contributed by atoms with van der Waals surface area (Å²) in [6.45, 7) is 3.96. The molecule has 0 aliphatic carbocycles. The Bertz CT molecular complexity index is 1100. The van der Waals surface area contributed by atoms with Gasteiger partial charge >= 0.3 is 5.63 Å². The van der Waals surface area contributed by atoms with Gasteiger partial charge in [-0.05, 0) is 42.0 Å². The van der Waals surface area contributed by atoms with Crippen LogP contribution in [0.5, 0.6) is 0 Å². The van der Waals surface area contributed by atoms with Gasteiger partial charge in [0, 0.05) is 17.2 Å². The van der Waals surface area contributed by atoms with Crippen molar-refractivity contribution >= 4 is 34.1 Å². The second-order valence-electron chi connectivity index (χ2n) is 5.61. The first-order valence-corrected chi connectivity index (χ1v) is 9.51. The zero-order valence-corrected chi connectivity index (χ0v) is 15.2. The zero-order chi connectivity index (χ0) is 17.4. The Kier molecular flexibility index (Phi) is 4.19. The van der Waals surface area contributed by atoms with Crippen LogP contribution < -0.4 is 5.63 Å². The van der Waals surface area contributed by atoms with Crippen molar-refractivity contribution < 1.29 is 8.83 Å². The van der Waals surface area contributed by atoms with E-state index in [1.165, 1.54) is 17.8 Å². The van der Waals surface area contributed by atoms with Crippen molar-refractivity contribution in [3.05, 3.63) is 62.8 Å². The molecule has 4 aromatic rings. The van der Waals surface area contributed by atoms with E-state index in [2.05, 4.69) is 10.2 Å². The average Bonchev–Trinajstić information content (AvgIpc) is 3.27. The highest BCUT2D eigenvalue weighted by Gasteiger charge is 2.13. The van der Waals surface area contributed by atoms with Gasteiger partial charge in [0.15, 0.2) is 0 Å². The first-order valence-electron chi connectivity index (χ1n) is 7.65.